The van der Waals surface area contributed by atoms with Crippen LogP contribution in [0.4, 0.5) is 0 Å². The maximum atomic E-state index is 8.86. The van der Waals surface area contributed by atoms with Crippen molar-refractivity contribution in [2.24, 2.45) is 11.7 Å². The van der Waals surface area contributed by atoms with Gasteiger partial charge in [-0.3, -0.25) is 0 Å². The standard InChI is InChI=1S/C15H17BrN2/c16-15-9-12(3-6-13(15)10-17)2-1-11-4-7-14(18)8-5-11/h1-3,6,9,11,14H,4-5,7-8,18H2/b2-1-. The van der Waals surface area contributed by atoms with Gasteiger partial charge in [0.25, 0.3) is 0 Å². The molecule has 1 aliphatic carbocycles. The summed E-state index contributed by atoms with van der Waals surface area (Å²) in [6.45, 7) is 0. The highest BCUT2D eigenvalue weighted by molar-refractivity contribution is 9.10. The van der Waals surface area contributed by atoms with Crippen molar-refractivity contribution in [3.63, 3.8) is 0 Å². The zero-order valence-electron chi connectivity index (χ0n) is 10.3. The van der Waals surface area contributed by atoms with Crippen LogP contribution in [0.5, 0.6) is 0 Å². The molecule has 0 unspecified atom stereocenters. The third kappa shape index (κ3) is 3.44. The van der Waals surface area contributed by atoms with Crippen LogP contribution >= 0.6 is 15.9 Å². The van der Waals surface area contributed by atoms with Gasteiger partial charge in [0, 0.05) is 10.5 Å². The highest BCUT2D eigenvalue weighted by Crippen LogP contribution is 2.25. The van der Waals surface area contributed by atoms with Gasteiger partial charge in [0.15, 0.2) is 0 Å². The van der Waals surface area contributed by atoms with E-state index >= 15 is 0 Å². The molecule has 3 heteroatoms. The molecule has 18 heavy (non-hydrogen) atoms. The van der Waals surface area contributed by atoms with Gasteiger partial charge in [-0.15, -0.1) is 0 Å². The Labute approximate surface area is 117 Å². The molecule has 2 nitrogen and oxygen atoms in total. The van der Waals surface area contributed by atoms with Gasteiger partial charge in [0.2, 0.25) is 0 Å². The van der Waals surface area contributed by atoms with E-state index in [1.807, 2.05) is 18.2 Å². The number of nitrogens with zero attached hydrogens (tertiary/aromatic N) is 1. The second-order valence-corrected chi connectivity index (χ2v) is 5.74. The van der Waals surface area contributed by atoms with E-state index in [2.05, 4.69) is 34.2 Å². The van der Waals surface area contributed by atoms with Gasteiger partial charge in [-0.1, -0.05) is 18.2 Å². The van der Waals surface area contributed by atoms with Gasteiger partial charge < -0.3 is 5.73 Å². The van der Waals surface area contributed by atoms with Crippen LogP contribution in [0.15, 0.2) is 28.7 Å². The maximum absolute atomic E-state index is 8.86. The van der Waals surface area contributed by atoms with Crippen LogP contribution in [0.3, 0.4) is 0 Å². The normalized spacial score (nSPS) is 24.1. The van der Waals surface area contributed by atoms with Crippen LogP contribution in [0, 0.1) is 17.2 Å². The molecule has 1 fully saturated rings. The van der Waals surface area contributed by atoms with Crippen LogP contribution in [0.2, 0.25) is 0 Å². The molecular weight excluding hydrogens is 288 g/mol. The first kappa shape index (κ1) is 13.3. The first-order valence-corrected chi connectivity index (χ1v) is 7.12. The first-order valence-electron chi connectivity index (χ1n) is 6.32. The first-order chi connectivity index (χ1) is 8.69. The van der Waals surface area contributed by atoms with Gasteiger partial charge in [-0.05, 0) is 65.2 Å². The van der Waals surface area contributed by atoms with Crippen molar-refractivity contribution in [3.8, 4) is 6.07 Å². The third-order valence-electron chi connectivity index (χ3n) is 3.49. The molecule has 1 aliphatic rings. The van der Waals surface area contributed by atoms with Crippen LogP contribution < -0.4 is 5.73 Å². The molecule has 1 aromatic carbocycles. The minimum Gasteiger partial charge on any atom is -0.328 e. The molecule has 0 amide bonds. The van der Waals surface area contributed by atoms with Crippen LogP contribution in [0.1, 0.15) is 36.8 Å². The molecule has 0 heterocycles. The topological polar surface area (TPSA) is 49.8 Å². The quantitative estimate of drug-likeness (QED) is 0.902. The summed E-state index contributed by atoms with van der Waals surface area (Å²) in [7, 11) is 0. The Bertz CT molecular complexity index is 480. The lowest BCUT2D eigenvalue weighted by molar-refractivity contribution is 0.376. The largest absolute Gasteiger partial charge is 0.328 e. The Morgan fingerprint density at radius 3 is 2.61 bits per heavy atom. The van der Waals surface area contributed by atoms with Crippen molar-refractivity contribution in [1.82, 2.24) is 0 Å². The van der Waals surface area contributed by atoms with Crippen molar-refractivity contribution in [3.05, 3.63) is 39.9 Å². The smallest absolute Gasteiger partial charge is 0.100 e. The summed E-state index contributed by atoms with van der Waals surface area (Å²) in [5.41, 5.74) is 7.71. The number of hydrogen-bond acceptors (Lipinski definition) is 2. The van der Waals surface area contributed by atoms with Crippen LogP contribution in [0.25, 0.3) is 6.08 Å². The second-order valence-electron chi connectivity index (χ2n) is 4.89. The van der Waals surface area contributed by atoms with Crippen LogP contribution in [-0.4, -0.2) is 6.04 Å². The van der Waals surface area contributed by atoms with E-state index in [1.165, 1.54) is 12.8 Å². The molecular formula is C15H17BrN2. The van der Waals surface area contributed by atoms with Crippen molar-refractivity contribution < 1.29 is 0 Å². The molecule has 1 aromatic rings. The Balaban J connectivity index is 2.01. The third-order valence-corrected chi connectivity index (χ3v) is 4.15. The summed E-state index contributed by atoms with van der Waals surface area (Å²) < 4.78 is 0.859. The molecule has 0 radical (unpaired) electrons. The highest BCUT2D eigenvalue weighted by atomic mass is 79.9. The molecule has 2 rings (SSSR count). The molecule has 0 bridgehead atoms. The second kappa shape index (κ2) is 6.17. The minimum absolute atomic E-state index is 0.402. The Morgan fingerprint density at radius 1 is 1.28 bits per heavy atom. The minimum atomic E-state index is 0.402. The predicted octanol–water partition coefficient (Wildman–Crippen LogP) is 3.85. The summed E-state index contributed by atoms with van der Waals surface area (Å²) >= 11 is 3.41. The zero-order valence-corrected chi connectivity index (χ0v) is 11.9. The number of nitriles is 1. The van der Waals surface area contributed by atoms with E-state index in [4.69, 9.17) is 11.0 Å². The maximum Gasteiger partial charge on any atom is 0.100 e. The fraction of sp³-hybridized carbons (Fsp3) is 0.400. The number of rotatable bonds is 2. The van der Waals surface area contributed by atoms with Gasteiger partial charge in [0.05, 0.1) is 5.56 Å². The van der Waals surface area contributed by atoms with E-state index in [0.717, 1.165) is 22.9 Å². The average molecular weight is 305 g/mol. The fourth-order valence-corrected chi connectivity index (χ4v) is 2.80. The van der Waals surface area contributed by atoms with Gasteiger partial charge >= 0.3 is 0 Å². The molecule has 0 spiro atoms. The van der Waals surface area contributed by atoms with Gasteiger partial charge in [-0.2, -0.15) is 5.26 Å². The summed E-state index contributed by atoms with van der Waals surface area (Å²) in [6.07, 6.45) is 9.06. The molecule has 94 valence electrons. The Kier molecular flexibility index (Phi) is 4.57. The summed E-state index contributed by atoms with van der Waals surface area (Å²) in [5.74, 6) is 0.652. The summed E-state index contributed by atoms with van der Waals surface area (Å²) in [4.78, 5) is 0. The van der Waals surface area contributed by atoms with Crippen molar-refractivity contribution in [1.29, 1.82) is 5.26 Å². The fourth-order valence-electron chi connectivity index (χ4n) is 2.31. The lowest BCUT2D eigenvalue weighted by Crippen LogP contribution is -2.25. The monoisotopic (exact) mass is 304 g/mol. The van der Waals surface area contributed by atoms with Crippen LogP contribution in [-0.2, 0) is 0 Å². The summed E-state index contributed by atoms with van der Waals surface area (Å²) in [5, 5.41) is 8.86. The molecule has 2 N–H and O–H groups in total. The lowest BCUT2D eigenvalue weighted by Gasteiger charge is -2.23. The van der Waals surface area contributed by atoms with Crippen molar-refractivity contribution in [2.45, 2.75) is 31.7 Å². The number of halogens is 1. The highest BCUT2D eigenvalue weighted by Gasteiger charge is 2.15. The average Bonchev–Trinajstić information content (AvgIpc) is 2.38. The van der Waals surface area contributed by atoms with Gasteiger partial charge in [-0.25, -0.2) is 0 Å². The van der Waals surface area contributed by atoms with E-state index in [9.17, 15) is 0 Å². The van der Waals surface area contributed by atoms with E-state index in [-0.39, 0.29) is 0 Å². The Morgan fingerprint density at radius 2 is 2.00 bits per heavy atom. The number of hydrogen-bond donors (Lipinski definition) is 1. The number of nitrogens with two attached hydrogens (primary N) is 1. The van der Waals surface area contributed by atoms with E-state index in [1.54, 1.807) is 0 Å². The SMILES string of the molecule is N#Cc1ccc(/C=C\C2CCC(N)CC2)cc1Br. The van der Waals surface area contributed by atoms with E-state index in [0.29, 0.717) is 17.5 Å². The van der Waals surface area contributed by atoms with Gasteiger partial charge in [0.1, 0.15) is 6.07 Å². The van der Waals surface area contributed by atoms with E-state index < -0.39 is 0 Å². The zero-order chi connectivity index (χ0) is 13.0. The summed E-state index contributed by atoms with van der Waals surface area (Å²) in [6, 6.07) is 8.37. The molecule has 0 aliphatic heterocycles. The van der Waals surface area contributed by atoms with Crippen molar-refractivity contribution >= 4 is 22.0 Å². The number of benzene rings is 1. The molecule has 1 saturated carbocycles. The molecule has 0 saturated heterocycles. The lowest BCUT2D eigenvalue weighted by atomic mass is 9.86. The van der Waals surface area contributed by atoms with Crippen molar-refractivity contribution in [2.75, 3.05) is 0 Å². The predicted molar refractivity (Wildman–Crippen MR) is 77.8 cm³/mol. The molecule has 0 atom stereocenters. The molecule has 0 aromatic heterocycles. The number of allylic oxidation sites excluding steroid dienone is 1. The Hall–Kier alpha value is -1.11.